The van der Waals surface area contributed by atoms with Gasteiger partial charge in [0.05, 0.1) is 13.2 Å². The van der Waals surface area contributed by atoms with Crippen LogP contribution in [0.25, 0.3) is 0 Å². The number of aliphatic carboxylic acids is 1. The van der Waals surface area contributed by atoms with Crippen LogP contribution in [0.15, 0.2) is 18.2 Å². The summed E-state index contributed by atoms with van der Waals surface area (Å²) in [6, 6.07) is 5.37. The first kappa shape index (κ1) is 19.6. The first-order valence-corrected chi connectivity index (χ1v) is 10.8. The summed E-state index contributed by atoms with van der Waals surface area (Å²) < 4.78 is 12.2. The summed E-state index contributed by atoms with van der Waals surface area (Å²) in [5.41, 5.74) is 1.37. The number of hydrogen-bond donors (Lipinski definition) is 2. The maximum atomic E-state index is 11.0. The van der Waals surface area contributed by atoms with Crippen molar-refractivity contribution in [1.82, 2.24) is 5.32 Å². The highest BCUT2D eigenvalue weighted by atomic mass is 16.5. The molecule has 0 heterocycles. The van der Waals surface area contributed by atoms with Crippen LogP contribution in [-0.2, 0) is 11.3 Å². The lowest BCUT2D eigenvalue weighted by Crippen LogP contribution is -2.48. The number of ether oxygens (including phenoxy) is 2. The third-order valence-electron chi connectivity index (χ3n) is 6.99. The second-order valence-electron chi connectivity index (χ2n) is 9.36. The van der Waals surface area contributed by atoms with E-state index in [0.29, 0.717) is 18.6 Å². The molecule has 5 nitrogen and oxygen atoms in total. The zero-order chi connectivity index (χ0) is 19.7. The molecule has 0 radical (unpaired) electrons. The lowest BCUT2D eigenvalue weighted by atomic mass is 9.50. The Morgan fingerprint density at radius 2 is 1.79 bits per heavy atom. The van der Waals surface area contributed by atoms with Crippen LogP contribution in [-0.4, -0.2) is 30.3 Å². The van der Waals surface area contributed by atoms with Gasteiger partial charge in [0.25, 0.3) is 0 Å². The Kier molecular flexibility index (Phi) is 5.55. The van der Waals surface area contributed by atoms with Crippen LogP contribution in [0.1, 0.15) is 57.9 Å². The molecule has 4 aliphatic rings. The van der Waals surface area contributed by atoms with E-state index in [1.165, 1.54) is 38.5 Å². The van der Waals surface area contributed by atoms with Gasteiger partial charge in [0.15, 0.2) is 11.5 Å². The maximum absolute atomic E-state index is 11.0. The minimum Gasteiger partial charge on any atom is -0.490 e. The summed E-state index contributed by atoms with van der Waals surface area (Å²) in [5.74, 6) is 3.49. The second kappa shape index (κ2) is 7.94. The Morgan fingerprint density at radius 1 is 1.14 bits per heavy atom. The summed E-state index contributed by atoms with van der Waals surface area (Å²) in [7, 11) is 0. The summed E-state index contributed by atoms with van der Waals surface area (Å²) in [4.78, 5) is 11.0. The molecule has 0 amide bonds. The highest BCUT2D eigenvalue weighted by Crippen LogP contribution is 2.60. The smallest absolute Gasteiger partial charge is 0.320 e. The Balaban J connectivity index is 1.41. The predicted octanol–water partition coefficient (Wildman–Crippen LogP) is 4.24. The van der Waals surface area contributed by atoms with Crippen LogP contribution in [0.3, 0.4) is 0 Å². The topological polar surface area (TPSA) is 67.8 Å². The van der Waals surface area contributed by atoms with E-state index in [0.717, 1.165) is 41.4 Å². The number of carboxylic acid groups (broad SMARTS) is 1. The van der Waals surface area contributed by atoms with E-state index in [-0.39, 0.29) is 0 Å². The highest BCUT2D eigenvalue weighted by molar-refractivity contribution is 5.72. The number of rotatable bonds is 9. The molecule has 5 rings (SSSR count). The predicted molar refractivity (Wildman–Crippen MR) is 108 cm³/mol. The minimum absolute atomic E-state index is 0.370. The number of carboxylic acids is 1. The Morgan fingerprint density at radius 3 is 2.36 bits per heavy atom. The van der Waals surface area contributed by atoms with Crippen LogP contribution in [0.2, 0.25) is 0 Å². The summed E-state index contributed by atoms with van der Waals surface area (Å²) in [6.45, 7) is 5.48. The molecule has 0 aromatic heterocycles. The molecule has 28 heavy (non-hydrogen) atoms. The van der Waals surface area contributed by atoms with Crippen LogP contribution < -0.4 is 14.8 Å². The molecule has 4 aliphatic carbocycles. The van der Waals surface area contributed by atoms with E-state index < -0.39 is 12.0 Å². The van der Waals surface area contributed by atoms with Crippen LogP contribution in [0.4, 0.5) is 0 Å². The molecule has 0 unspecified atom stereocenters. The fraction of sp³-hybridized carbons (Fsp3) is 0.696. The summed E-state index contributed by atoms with van der Waals surface area (Å²) in [5, 5.41) is 12.0. The standard InChI is InChI=1S/C23H33NO4/c1-3-27-21-9-16(13-24-15(2)22(25)26)4-5-20(21)28-14-23-10-17-6-18(11-23)8-19(7-17)12-23/h4-5,9,15,17-19,24H,3,6-8,10-14H2,1-2H3,(H,25,26)/t15-,17?,18?,19?,23?/m0/s1. The van der Waals surface area contributed by atoms with Gasteiger partial charge in [-0.3, -0.25) is 4.79 Å². The van der Waals surface area contributed by atoms with Gasteiger partial charge in [-0.05, 0) is 87.8 Å². The first-order valence-electron chi connectivity index (χ1n) is 10.8. The second-order valence-corrected chi connectivity index (χ2v) is 9.36. The van der Waals surface area contributed by atoms with E-state index in [2.05, 4.69) is 5.32 Å². The van der Waals surface area contributed by atoms with E-state index >= 15 is 0 Å². The summed E-state index contributed by atoms with van der Waals surface area (Å²) in [6.07, 6.45) is 8.33. The van der Waals surface area contributed by atoms with E-state index in [4.69, 9.17) is 14.6 Å². The molecule has 4 bridgehead atoms. The van der Waals surface area contributed by atoms with Crippen LogP contribution in [0, 0.1) is 23.2 Å². The van der Waals surface area contributed by atoms with Crippen LogP contribution >= 0.6 is 0 Å². The first-order chi connectivity index (χ1) is 13.5. The Hall–Kier alpha value is -1.75. The average molecular weight is 388 g/mol. The number of nitrogens with one attached hydrogen (secondary N) is 1. The van der Waals surface area contributed by atoms with Crippen molar-refractivity contribution >= 4 is 5.97 Å². The van der Waals surface area contributed by atoms with Gasteiger partial charge in [-0.15, -0.1) is 0 Å². The SMILES string of the molecule is CCOc1cc(CN[C@@H](C)C(=O)O)ccc1OCC12CC3CC(CC(C3)C1)C2. The van der Waals surface area contributed by atoms with Gasteiger partial charge < -0.3 is 19.9 Å². The van der Waals surface area contributed by atoms with Gasteiger partial charge in [0, 0.05) is 12.0 Å². The largest absolute Gasteiger partial charge is 0.490 e. The molecule has 4 fully saturated rings. The lowest BCUT2D eigenvalue weighted by Gasteiger charge is -2.56. The van der Waals surface area contributed by atoms with Crippen molar-refractivity contribution in [3.63, 3.8) is 0 Å². The lowest BCUT2D eigenvalue weighted by molar-refractivity contribution is -0.139. The quantitative estimate of drug-likeness (QED) is 0.663. The molecule has 5 heteroatoms. The Bertz CT molecular complexity index is 681. The van der Waals surface area contributed by atoms with Gasteiger partial charge in [-0.1, -0.05) is 6.07 Å². The number of carbonyl (C=O) groups is 1. The van der Waals surface area contributed by atoms with Crippen molar-refractivity contribution in [2.45, 2.75) is 65.0 Å². The van der Waals surface area contributed by atoms with Gasteiger partial charge >= 0.3 is 5.97 Å². The van der Waals surface area contributed by atoms with Gasteiger partial charge in [0.2, 0.25) is 0 Å². The highest BCUT2D eigenvalue weighted by Gasteiger charge is 2.51. The van der Waals surface area contributed by atoms with Crippen molar-refractivity contribution in [3.8, 4) is 11.5 Å². The molecule has 0 spiro atoms. The molecule has 1 atom stereocenters. The summed E-state index contributed by atoms with van der Waals surface area (Å²) >= 11 is 0. The van der Waals surface area contributed by atoms with Crippen molar-refractivity contribution in [1.29, 1.82) is 0 Å². The number of benzene rings is 1. The average Bonchev–Trinajstić information content (AvgIpc) is 2.64. The molecule has 1 aromatic rings. The van der Waals surface area contributed by atoms with Gasteiger partial charge in [-0.2, -0.15) is 0 Å². The molecule has 0 aliphatic heterocycles. The Labute approximate surface area is 167 Å². The molecule has 0 saturated heterocycles. The van der Waals surface area contributed by atoms with Crippen molar-refractivity contribution in [2.24, 2.45) is 23.2 Å². The van der Waals surface area contributed by atoms with Gasteiger partial charge in [0.1, 0.15) is 6.04 Å². The fourth-order valence-electron chi connectivity index (χ4n) is 6.11. The third kappa shape index (κ3) is 4.14. The van der Waals surface area contributed by atoms with E-state index in [1.807, 2.05) is 25.1 Å². The van der Waals surface area contributed by atoms with Crippen molar-refractivity contribution in [2.75, 3.05) is 13.2 Å². The zero-order valence-electron chi connectivity index (χ0n) is 17.1. The van der Waals surface area contributed by atoms with Gasteiger partial charge in [-0.25, -0.2) is 0 Å². The number of hydrogen-bond acceptors (Lipinski definition) is 4. The molecule has 2 N–H and O–H groups in total. The minimum atomic E-state index is -0.847. The molecular formula is C23H33NO4. The fourth-order valence-corrected chi connectivity index (χ4v) is 6.11. The third-order valence-corrected chi connectivity index (χ3v) is 6.99. The van der Waals surface area contributed by atoms with Crippen LogP contribution in [0.5, 0.6) is 11.5 Å². The van der Waals surface area contributed by atoms with E-state index in [1.54, 1.807) is 6.92 Å². The van der Waals surface area contributed by atoms with Crippen molar-refractivity contribution in [3.05, 3.63) is 23.8 Å². The maximum Gasteiger partial charge on any atom is 0.320 e. The molecular weight excluding hydrogens is 354 g/mol. The molecule has 4 saturated carbocycles. The van der Waals surface area contributed by atoms with Crippen molar-refractivity contribution < 1.29 is 19.4 Å². The molecule has 1 aromatic carbocycles. The zero-order valence-corrected chi connectivity index (χ0v) is 17.1. The van der Waals surface area contributed by atoms with E-state index in [9.17, 15) is 4.79 Å². The molecule has 154 valence electrons. The monoisotopic (exact) mass is 387 g/mol. The normalized spacial score (nSPS) is 31.6.